The van der Waals surface area contributed by atoms with Gasteiger partial charge < -0.3 is 40.3 Å². The zero-order valence-electron chi connectivity index (χ0n) is 35.3. The van der Waals surface area contributed by atoms with E-state index in [1.165, 1.54) is 27.1 Å². The molecule has 14 nitrogen and oxygen atoms in total. The van der Waals surface area contributed by atoms with Gasteiger partial charge in [-0.2, -0.15) is 0 Å². The highest BCUT2D eigenvalue weighted by molar-refractivity contribution is 5.88. The first kappa shape index (κ1) is 39.2. The van der Waals surface area contributed by atoms with E-state index in [4.69, 9.17) is 19.4 Å². The Morgan fingerprint density at radius 1 is 0.645 bits per heavy atom. The first-order valence-electron chi connectivity index (χ1n) is 22.8. The second-order valence-corrected chi connectivity index (χ2v) is 19.5. The summed E-state index contributed by atoms with van der Waals surface area (Å²) in [5, 5.41) is 9.02. The molecule has 14 heteroatoms. The highest BCUT2D eigenvalue weighted by atomic mass is 16.5. The number of amides is 4. The number of fused-ring (bicyclic) bond motifs is 3. The van der Waals surface area contributed by atoms with Crippen LogP contribution in [0.15, 0.2) is 60.9 Å². The number of hydrogen-bond donors (Lipinski definition) is 5. The van der Waals surface area contributed by atoms with Crippen molar-refractivity contribution in [2.24, 2.45) is 47.3 Å². The van der Waals surface area contributed by atoms with Crippen LogP contribution in [-0.4, -0.2) is 81.2 Å². The maximum atomic E-state index is 14.3. The number of methoxy groups -OCH3 is 2. The maximum Gasteiger partial charge on any atom is 0.407 e. The van der Waals surface area contributed by atoms with Gasteiger partial charge in [0.15, 0.2) is 0 Å². The third kappa shape index (κ3) is 7.74. The van der Waals surface area contributed by atoms with Crippen molar-refractivity contribution in [1.29, 1.82) is 0 Å². The topological polar surface area (TPSA) is 183 Å². The summed E-state index contributed by atoms with van der Waals surface area (Å²) < 4.78 is 9.84. The predicted molar refractivity (Wildman–Crippen MR) is 229 cm³/mol. The van der Waals surface area contributed by atoms with Crippen molar-refractivity contribution < 1.29 is 28.7 Å². The second-order valence-electron chi connectivity index (χ2n) is 19.5. The number of carbonyl (C=O) groups is 4. The van der Waals surface area contributed by atoms with E-state index in [2.05, 4.69) is 74.4 Å². The molecule has 2 aromatic carbocycles. The van der Waals surface area contributed by atoms with Gasteiger partial charge in [0.1, 0.15) is 23.7 Å². The molecule has 2 aromatic heterocycles. The number of aromatic amines is 2. The number of aromatic nitrogens is 4. The van der Waals surface area contributed by atoms with E-state index in [1.54, 1.807) is 0 Å². The Balaban J connectivity index is 0.748. The minimum absolute atomic E-state index is 0.00534. The summed E-state index contributed by atoms with van der Waals surface area (Å²) in [4.78, 5) is 71.5. The zero-order chi connectivity index (χ0) is 42.2. The number of piperidine rings is 1. The van der Waals surface area contributed by atoms with Gasteiger partial charge in [-0.05, 0) is 116 Å². The van der Waals surface area contributed by atoms with Crippen LogP contribution in [0.25, 0.3) is 33.6 Å². The van der Waals surface area contributed by atoms with E-state index in [9.17, 15) is 19.2 Å². The third-order valence-corrected chi connectivity index (χ3v) is 15.4. The van der Waals surface area contributed by atoms with Gasteiger partial charge >= 0.3 is 12.2 Å². The number of rotatable bonds is 14. The Kier molecular flexibility index (Phi) is 9.87. The Hall–Kier alpha value is -5.66. The first-order chi connectivity index (χ1) is 30.2. The lowest BCUT2D eigenvalue weighted by atomic mass is 9.93. The molecule has 6 aliphatic carbocycles. The molecule has 2 unspecified atom stereocenters. The lowest BCUT2D eigenvalue weighted by Crippen LogP contribution is -2.52. The summed E-state index contributed by atoms with van der Waals surface area (Å²) in [5.41, 5.74) is 5.71. The Labute approximate surface area is 361 Å². The molecule has 3 heterocycles. The van der Waals surface area contributed by atoms with Crippen molar-refractivity contribution in [3.8, 4) is 33.6 Å². The predicted octanol–water partition coefficient (Wildman–Crippen LogP) is 7.29. The van der Waals surface area contributed by atoms with Crippen molar-refractivity contribution >= 4 is 24.0 Å². The van der Waals surface area contributed by atoms with E-state index in [0.717, 1.165) is 103 Å². The van der Waals surface area contributed by atoms with Crippen molar-refractivity contribution in [1.82, 2.24) is 40.8 Å². The summed E-state index contributed by atoms with van der Waals surface area (Å²) in [6.07, 6.45) is 14.0. The quantitative estimate of drug-likeness (QED) is 0.0877. The van der Waals surface area contributed by atoms with E-state index in [1.807, 2.05) is 17.3 Å². The second kappa shape index (κ2) is 15.6. The summed E-state index contributed by atoms with van der Waals surface area (Å²) in [6, 6.07) is 15.2. The number of carbonyl (C=O) groups excluding carboxylic acids is 4. The molecule has 5 N–H and O–H groups in total. The van der Waals surface area contributed by atoms with Crippen LogP contribution in [-0.2, 0) is 19.1 Å². The van der Waals surface area contributed by atoms with Gasteiger partial charge in [0.2, 0.25) is 11.8 Å². The first-order valence-corrected chi connectivity index (χ1v) is 22.8. The Morgan fingerprint density at radius 3 is 1.76 bits per heavy atom. The van der Waals surface area contributed by atoms with Gasteiger partial charge in [-0.15, -0.1) is 0 Å². The largest absolute Gasteiger partial charge is 0.453 e. The number of H-pyrrole nitrogens is 2. The standard InChI is InChI=1S/C48H56N8O6/c1-61-47(59)54-41(34-16-29-14-30(29)17-34)45(57)53-36(13-24-3-4-24)43-49-22-37(51-43)27-9-5-25(6-10-27)26-7-11-28(12-8-26)38-23-50-44(52-38)40-21-33-20-39(33)56(40)46(58)42(55-48(60)62-2)35-18-31-15-32(31)19-35/h5-12,22-24,29-36,39-42H,3-4,13-21H2,1-2H3,(H,49,51)(H,50,52)(H,53,57)(H,54,59)(H,55,60)/t29-,30+,31-,32+,33-,34-,35-,36+,39-,40+,41?,42?/m1/s1. The highest BCUT2D eigenvalue weighted by Crippen LogP contribution is 2.58. The molecule has 7 fully saturated rings. The van der Waals surface area contributed by atoms with Crippen LogP contribution in [0.3, 0.4) is 0 Å². The molecule has 0 spiro atoms. The average molecular weight is 841 g/mol. The molecule has 12 atom stereocenters. The number of ether oxygens (including phenoxy) is 2. The summed E-state index contributed by atoms with van der Waals surface area (Å²) in [7, 11) is 2.68. The molecule has 11 rings (SSSR count). The number of hydrogen-bond acceptors (Lipinski definition) is 8. The molecule has 4 amide bonds. The molecule has 7 aliphatic rings. The normalized spacial score (nSPS) is 30.0. The molecule has 1 saturated heterocycles. The average Bonchev–Trinajstić information content (AvgIpc) is 4.28. The number of alkyl carbamates (subject to hydrolysis) is 2. The van der Waals surface area contributed by atoms with Crippen molar-refractivity contribution in [3.05, 3.63) is 72.6 Å². The SMILES string of the molecule is COC(=O)NC(C(=O)N[C@@H](CC1CC1)c1nc(-c2ccc(-c3ccc(-c4c[nH]c([C@@H]5C[C@H]6C[C@H]6N5C(=O)C(NC(=O)OC)[C@H]5C[C@@H]6C[C@@H]6C5)n4)cc3)cc2)c[nH]1)[C@H]1C[C@@H]2C[C@@H]2C1. The van der Waals surface area contributed by atoms with Crippen molar-refractivity contribution in [2.45, 2.75) is 101 Å². The van der Waals surface area contributed by atoms with Crippen LogP contribution in [0.1, 0.15) is 94.4 Å². The van der Waals surface area contributed by atoms with Gasteiger partial charge in [0.05, 0.1) is 37.7 Å². The fraction of sp³-hybridized carbons (Fsp3) is 0.542. The smallest absolute Gasteiger partial charge is 0.407 e. The fourth-order valence-corrected chi connectivity index (χ4v) is 11.6. The minimum atomic E-state index is -0.626. The molecule has 6 saturated carbocycles. The maximum absolute atomic E-state index is 14.3. The molecule has 0 radical (unpaired) electrons. The number of nitrogens with zero attached hydrogens (tertiary/aromatic N) is 3. The molecular weight excluding hydrogens is 785 g/mol. The summed E-state index contributed by atoms with van der Waals surface area (Å²) >= 11 is 0. The van der Waals surface area contributed by atoms with Gasteiger partial charge in [0, 0.05) is 29.6 Å². The molecular formula is C48H56N8O6. The molecule has 62 heavy (non-hydrogen) atoms. The minimum Gasteiger partial charge on any atom is -0.453 e. The van der Waals surface area contributed by atoms with Crippen molar-refractivity contribution in [2.75, 3.05) is 14.2 Å². The molecule has 324 valence electrons. The van der Waals surface area contributed by atoms with E-state index in [-0.39, 0.29) is 41.8 Å². The van der Waals surface area contributed by atoms with Crippen LogP contribution >= 0.6 is 0 Å². The number of nitrogens with one attached hydrogen (secondary N) is 5. The summed E-state index contributed by atoms with van der Waals surface area (Å²) in [6.45, 7) is 0. The van der Waals surface area contributed by atoms with Crippen LogP contribution in [0.4, 0.5) is 9.59 Å². The Bertz CT molecular complexity index is 2340. The van der Waals surface area contributed by atoms with E-state index < -0.39 is 24.3 Å². The van der Waals surface area contributed by atoms with Gasteiger partial charge in [-0.3, -0.25) is 9.59 Å². The highest BCUT2D eigenvalue weighted by Gasteiger charge is 2.58. The molecule has 1 aliphatic heterocycles. The van der Waals surface area contributed by atoms with Crippen LogP contribution < -0.4 is 16.0 Å². The van der Waals surface area contributed by atoms with E-state index >= 15 is 0 Å². The van der Waals surface area contributed by atoms with Crippen LogP contribution in [0.2, 0.25) is 0 Å². The van der Waals surface area contributed by atoms with Gasteiger partial charge in [-0.1, -0.05) is 61.4 Å². The lowest BCUT2D eigenvalue weighted by molar-refractivity contribution is -0.137. The number of benzene rings is 2. The van der Waals surface area contributed by atoms with Crippen LogP contribution in [0.5, 0.6) is 0 Å². The zero-order valence-corrected chi connectivity index (χ0v) is 35.3. The number of likely N-dealkylation sites (tertiary alicyclic amines) is 1. The summed E-state index contributed by atoms with van der Waals surface area (Å²) in [5.74, 6) is 5.32. The molecule has 4 aromatic rings. The van der Waals surface area contributed by atoms with E-state index in [0.29, 0.717) is 35.5 Å². The van der Waals surface area contributed by atoms with Crippen molar-refractivity contribution in [3.63, 3.8) is 0 Å². The Morgan fingerprint density at radius 2 is 1.18 bits per heavy atom. The number of imidazole rings is 2. The monoisotopic (exact) mass is 840 g/mol. The molecule has 0 bridgehead atoms. The van der Waals surface area contributed by atoms with Gasteiger partial charge in [0.25, 0.3) is 0 Å². The third-order valence-electron chi connectivity index (χ3n) is 15.4. The fourth-order valence-electron chi connectivity index (χ4n) is 11.6. The lowest BCUT2D eigenvalue weighted by Gasteiger charge is -2.33. The van der Waals surface area contributed by atoms with Gasteiger partial charge in [-0.25, -0.2) is 19.6 Å². The van der Waals surface area contributed by atoms with Crippen LogP contribution in [0, 0.1) is 47.3 Å².